The van der Waals surface area contributed by atoms with Gasteiger partial charge in [-0.1, -0.05) is 30.3 Å². The number of aromatic hydroxyl groups is 2. The van der Waals surface area contributed by atoms with Crippen LogP contribution in [0.1, 0.15) is 77.1 Å². The zero-order chi connectivity index (χ0) is 29.1. The SMILES string of the molecule is Cc1cccc(C(C(=O)NC(C)(C)C)N(C(=O)C(Cc2ccc(O)cc2)NC(=O)OC(C)(C)C)C2CC2)c1O. The van der Waals surface area contributed by atoms with E-state index in [2.05, 4.69) is 10.6 Å². The lowest BCUT2D eigenvalue weighted by atomic mass is 9.96. The predicted octanol–water partition coefficient (Wildman–Crippen LogP) is 4.49. The van der Waals surface area contributed by atoms with Gasteiger partial charge in [0.1, 0.15) is 29.2 Å². The van der Waals surface area contributed by atoms with Gasteiger partial charge in [0.05, 0.1) is 0 Å². The summed E-state index contributed by atoms with van der Waals surface area (Å²) in [6.07, 6.45) is 0.727. The van der Waals surface area contributed by atoms with Crippen molar-refractivity contribution in [2.75, 3.05) is 0 Å². The van der Waals surface area contributed by atoms with E-state index in [4.69, 9.17) is 4.74 Å². The molecule has 9 heteroatoms. The highest BCUT2D eigenvalue weighted by Crippen LogP contribution is 2.39. The molecular formula is C30H41N3O6. The number of aryl methyl sites for hydroxylation is 1. The predicted molar refractivity (Wildman–Crippen MR) is 148 cm³/mol. The lowest BCUT2D eigenvalue weighted by Crippen LogP contribution is -2.55. The number of phenolic OH excluding ortho intramolecular Hbond substituents is 2. The topological polar surface area (TPSA) is 128 Å². The van der Waals surface area contributed by atoms with Crippen LogP contribution in [0.3, 0.4) is 0 Å². The van der Waals surface area contributed by atoms with Gasteiger partial charge in [-0.25, -0.2) is 4.79 Å². The Labute approximate surface area is 230 Å². The second-order valence-electron chi connectivity index (χ2n) is 12.2. The van der Waals surface area contributed by atoms with Crippen LogP contribution in [0, 0.1) is 6.92 Å². The molecule has 0 bridgehead atoms. The Kier molecular flexibility index (Phi) is 8.83. The van der Waals surface area contributed by atoms with E-state index in [1.165, 1.54) is 17.0 Å². The van der Waals surface area contributed by atoms with E-state index in [1.54, 1.807) is 58.0 Å². The maximum atomic E-state index is 14.3. The maximum Gasteiger partial charge on any atom is 0.408 e. The number of nitrogens with one attached hydrogen (secondary N) is 2. The van der Waals surface area contributed by atoms with E-state index in [0.717, 1.165) is 0 Å². The molecule has 39 heavy (non-hydrogen) atoms. The lowest BCUT2D eigenvalue weighted by molar-refractivity contribution is -0.143. The summed E-state index contributed by atoms with van der Waals surface area (Å²) >= 11 is 0. The number of phenols is 2. The van der Waals surface area contributed by atoms with Crippen molar-refractivity contribution in [3.8, 4) is 11.5 Å². The Morgan fingerprint density at radius 2 is 1.62 bits per heavy atom. The van der Waals surface area contributed by atoms with Crippen LogP contribution in [-0.4, -0.2) is 56.2 Å². The molecule has 1 saturated carbocycles. The summed E-state index contributed by atoms with van der Waals surface area (Å²) in [5, 5.41) is 26.4. The largest absolute Gasteiger partial charge is 0.508 e. The molecule has 0 radical (unpaired) electrons. The van der Waals surface area contributed by atoms with Crippen molar-refractivity contribution in [3.63, 3.8) is 0 Å². The van der Waals surface area contributed by atoms with E-state index >= 15 is 0 Å². The van der Waals surface area contributed by atoms with Gasteiger partial charge in [0, 0.05) is 23.6 Å². The number of alkyl carbamates (subject to hydrolysis) is 1. The molecule has 3 rings (SSSR count). The van der Waals surface area contributed by atoms with E-state index in [-0.39, 0.29) is 24.0 Å². The maximum absolute atomic E-state index is 14.3. The van der Waals surface area contributed by atoms with Crippen LogP contribution < -0.4 is 10.6 Å². The lowest BCUT2D eigenvalue weighted by Gasteiger charge is -2.36. The van der Waals surface area contributed by atoms with Crippen LogP contribution >= 0.6 is 0 Å². The fourth-order valence-corrected chi connectivity index (χ4v) is 4.33. The van der Waals surface area contributed by atoms with Crippen LogP contribution in [0.15, 0.2) is 42.5 Å². The molecule has 1 aliphatic rings. The first-order chi connectivity index (χ1) is 18.1. The second kappa shape index (κ2) is 11.6. The van der Waals surface area contributed by atoms with Crippen molar-refractivity contribution in [1.82, 2.24) is 15.5 Å². The first-order valence-electron chi connectivity index (χ1n) is 13.3. The third kappa shape index (κ3) is 8.37. The molecule has 212 valence electrons. The third-order valence-corrected chi connectivity index (χ3v) is 6.15. The zero-order valence-electron chi connectivity index (χ0n) is 23.9. The van der Waals surface area contributed by atoms with Crippen molar-refractivity contribution >= 4 is 17.9 Å². The minimum atomic E-state index is -1.12. The molecule has 1 aliphatic carbocycles. The minimum absolute atomic E-state index is 0.0554. The standard InChI is InChI=1S/C30H41N3O6/c1-18-9-8-10-22(25(18)35)24(26(36)32-29(2,3)4)33(20-13-14-20)27(37)23(31-28(38)39-30(5,6)7)17-19-11-15-21(34)16-12-19/h8-12,15-16,20,23-24,34-35H,13-14,17H2,1-7H3,(H,31,38)(H,32,36). The molecule has 1 fully saturated rings. The van der Waals surface area contributed by atoms with Crippen LogP contribution in [0.5, 0.6) is 11.5 Å². The highest BCUT2D eigenvalue weighted by atomic mass is 16.6. The van der Waals surface area contributed by atoms with Crippen molar-refractivity contribution in [2.24, 2.45) is 0 Å². The van der Waals surface area contributed by atoms with Crippen LogP contribution in [-0.2, 0) is 20.7 Å². The number of nitrogens with zero attached hydrogens (tertiary/aromatic N) is 1. The van der Waals surface area contributed by atoms with Crippen molar-refractivity contribution < 1.29 is 29.3 Å². The molecule has 9 nitrogen and oxygen atoms in total. The van der Waals surface area contributed by atoms with Gasteiger partial charge in [0.15, 0.2) is 0 Å². The van der Waals surface area contributed by atoms with Gasteiger partial charge in [-0.3, -0.25) is 9.59 Å². The third-order valence-electron chi connectivity index (χ3n) is 6.15. The molecule has 0 aromatic heterocycles. The number of carbonyl (C=O) groups is 3. The number of rotatable bonds is 8. The van der Waals surface area contributed by atoms with Gasteiger partial charge < -0.3 is 30.5 Å². The molecule has 2 unspecified atom stereocenters. The molecule has 2 aromatic carbocycles. The molecule has 0 spiro atoms. The molecule has 0 saturated heterocycles. The molecule has 4 N–H and O–H groups in total. The summed E-state index contributed by atoms with van der Waals surface area (Å²) in [6.45, 7) is 12.5. The molecule has 2 aromatic rings. The van der Waals surface area contributed by atoms with E-state index in [0.29, 0.717) is 29.5 Å². The molecular weight excluding hydrogens is 498 g/mol. The van der Waals surface area contributed by atoms with Crippen molar-refractivity contribution in [1.29, 1.82) is 0 Å². The first-order valence-corrected chi connectivity index (χ1v) is 13.3. The number of ether oxygens (including phenoxy) is 1. The van der Waals surface area contributed by atoms with Crippen LogP contribution in [0.2, 0.25) is 0 Å². The Morgan fingerprint density at radius 3 is 2.15 bits per heavy atom. The summed E-state index contributed by atoms with van der Waals surface area (Å²) in [5.41, 5.74) is 0.226. The fraction of sp³-hybridized carbons (Fsp3) is 0.500. The fourth-order valence-electron chi connectivity index (χ4n) is 4.33. The monoisotopic (exact) mass is 539 g/mol. The summed E-state index contributed by atoms with van der Waals surface area (Å²) in [5.74, 6) is -0.869. The number of hydrogen-bond acceptors (Lipinski definition) is 6. The quantitative estimate of drug-likeness (QED) is 0.391. The number of carbonyl (C=O) groups excluding carboxylic acids is 3. The van der Waals surface area contributed by atoms with Crippen LogP contribution in [0.4, 0.5) is 4.79 Å². The van der Waals surface area contributed by atoms with E-state index < -0.39 is 41.1 Å². The smallest absolute Gasteiger partial charge is 0.408 e. The van der Waals surface area contributed by atoms with Crippen LogP contribution in [0.25, 0.3) is 0 Å². The second-order valence-corrected chi connectivity index (χ2v) is 12.2. The summed E-state index contributed by atoms with van der Waals surface area (Å²) in [4.78, 5) is 42.4. The Hall–Kier alpha value is -3.75. The van der Waals surface area contributed by atoms with E-state index in [1.807, 2.05) is 20.8 Å². The normalized spacial score (nSPS) is 15.2. The Morgan fingerprint density at radius 1 is 1.00 bits per heavy atom. The molecule has 0 aliphatic heterocycles. The number of benzene rings is 2. The first kappa shape index (κ1) is 29.8. The molecule has 0 heterocycles. The minimum Gasteiger partial charge on any atom is -0.508 e. The highest BCUT2D eigenvalue weighted by molar-refractivity contribution is 5.93. The Bertz CT molecular complexity index is 1190. The average Bonchev–Trinajstić information content (AvgIpc) is 3.63. The van der Waals surface area contributed by atoms with Gasteiger partial charge >= 0.3 is 6.09 Å². The van der Waals surface area contributed by atoms with Crippen molar-refractivity contribution in [2.45, 2.75) is 97.0 Å². The average molecular weight is 540 g/mol. The number of amides is 3. The van der Waals surface area contributed by atoms with Gasteiger partial charge in [0.2, 0.25) is 11.8 Å². The zero-order valence-corrected chi connectivity index (χ0v) is 23.9. The molecule has 3 amide bonds. The highest BCUT2D eigenvalue weighted by Gasteiger charge is 2.45. The van der Waals surface area contributed by atoms with Gasteiger partial charge in [-0.2, -0.15) is 0 Å². The summed E-state index contributed by atoms with van der Waals surface area (Å²) < 4.78 is 5.44. The summed E-state index contributed by atoms with van der Waals surface area (Å²) in [6, 6.07) is 9.05. The number of hydrogen-bond donors (Lipinski definition) is 4. The van der Waals surface area contributed by atoms with Gasteiger partial charge in [-0.05, 0) is 84.6 Å². The summed E-state index contributed by atoms with van der Waals surface area (Å²) in [7, 11) is 0. The number of para-hydroxylation sites is 1. The van der Waals surface area contributed by atoms with Gasteiger partial charge in [0.25, 0.3) is 0 Å². The Balaban J connectivity index is 2.06. The molecule has 2 atom stereocenters. The van der Waals surface area contributed by atoms with E-state index in [9.17, 15) is 24.6 Å². The van der Waals surface area contributed by atoms with Gasteiger partial charge in [-0.15, -0.1) is 0 Å². The van der Waals surface area contributed by atoms with Crippen molar-refractivity contribution in [3.05, 3.63) is 59.2 Å².